The second kappa shape index (κ2) is 6.76. The van der Waals surface area contributed by atoms with Crippen molar-refractivity contribution in [1.29, 1.82) is 0 Å². The third-order valence-corrected chi connectivity index (χ3v) is 4.73. The highest BCUT2D eigenvalue weighted by atomic mass is 32.2. The molecule has 1 heterocycles. The highest BCUT2D eigenvalue weighted by molar-refractivity contribution is 8.01. The molecular formula is C17H13N2O4S-. The second-order valence-electron chi connectivity index (χ2n) is 5.21. The van der Waals surface area contributed by atoms with Crippen LogP contribution in [0.2, 0.25) is 0 Å². The molecule has 0 unspecified atom stereocenters. The summed E-state index contributed by atoms with van der Waals surface area (Å²) < 4.78 is 0. The van der Waals surface area contributed by atoms with E-state index in [1.807, 2.05) is 24.3 Å². The van der Waals surface area contributed by atoms with Gasteiger partial charge in [0.05, 0.1) is 16.9 Å². The van der Waals surface area contributed by atoms with E-state index in [0.717, 1.165) is 10.6 Å². The van der Waals surface area contributed by atoms with Gasteiger partial charge in [0.15, 0.2) is 0 Å². The summed E-state index contributed by atoms with van der Waals surface area (Å²) in [5, 5.41) is 15.7. The molecule has 0 aliphatic carbocycles. The number of fused-ring (bicyclic) bond motifs is 1. The Morgan fingerprint density at radius 2 is 1.96 bits per heavy atom. The maximum Gasteiger partial charge on any atom is 0.238 e. The number of hydrogen-bond donors (Lipinski definition) is 2. The van der Waals surface area contributed by atoms with Crippen LogP contribution in [0.15, 0.2) is 53.4 Å². The fourth-order valence-electron chi connectivity index (χ4n) is 2.33. The second-order valence-corrected chi connectivity index (χ2v) is 6.46. The van der Waals surface area contributed by atoms with Crippen LogP contribution in [0.3, 0.4) is 0 Å². The lowest BCUT2D eigenvalue weighted by molar-refractivity contribution is -0.255. The number of hydrogen-bond acceptors (Lipinski definition) is 5. The van der Waals surface area contributed by atoms with Crippen molar-refractivity contribution in [3.8, 4) is 0 Å². The molecule has 7 heteroatoms. The van der Waals surface area contributed by atoms with Gasteiger partial charge in [0.2, 0.25) is 11.8 Å². The summed E-state index contributed by atoms with van der Waals surface area (Å²) in [6.07, 6.45) is -0.0135. The van der Waals surface area contributed by atoms with E-state index in [9.17, 15) is 19.5 Å². The first-order valence-electron chi connectivity index (χ1n) is 7.21. The van der Waals surface area contributed by atoms with Gasteiger partial charge in [0, 0.05) is 17.0 Å². The summed E-state index contributed by atoms with van der Waals surface area (Å²) in [6.45, 7) is 0. The van der Waals surface area contributed by atoms with E-state index in [4.69, 9.17) is 0 Å². The Morgan fingerprint density at radius 3 is 2.75 bits per heavy atom. The Labute approximate surface area is 142 Å². The van der Waals surface area contributed by atoms with Crippen LogP contribution < -0.4 is 15.7 Å². The van der Waals surface area contributed by atoms with Gasteiger partial charge in [-0.1, -0.05) is 24.3 Å². The minimum absolute atomic E-state index is 0.0135. The number of aromatic carboxylic acids is 1. The van der Waals surface area contributed by atoms with Crippen LogP contribution in [0.5, 0.6) is 0 Å². The first kappa shape index (κ1) is 16.1. The molecule has 0 radical (unpaired) electrons. The van der Waals surface area contributed by atoms with Crippen molar-refractivity contribution in [1.82, 2.24) is 0 Å². The normalized spacial score (nSPS) is 16.0. The molecule has 3 rings (SSSR count). The van der Waals surface area contributed by atoms with E-state index in [1.165, 1.54) is 30.0 Å². The third kappa shape index (κ3) is 3.57. The summed E-state index contributed by atoms with van der Waals surface area (Å²) >= 11 is 1.34. The fraction of sp³-hybridized carbons (Fsp3) is 0.118. The quantitative estimate of drug-likeness (QED) is 0.878. The molecule has 0 aromatic heterocycles. The number of anilines is 2. The number of nitrogens with one attached hydrogen (secondary N) is 2. The fourth-order valence-corrected chi connectivity index (χ4v) is 3.44. The zero-order valence-corrected chi connectivity index (χ0v) is 13.3. The standard InChI is InChI=1S/C17H14N2O4S/c20-15(18-11-5-3-4-10(8-11)17(22)23)9-14-16(21)19-12-6-1-2-7-13(12)24-14/h1-8,14H,9H2,(H,18,20)(H,19,21)(H,22,23)/p-1/t14-/m1/s1. The zero-order valence-electron chi connectivity index (χ0n) is 12.4. The summed E-state index contributed by atoms with van der Waals surface area (Å²) in [5.74, 6) is -1.90. The van der Waals surface area contributed by atoms with Crippen LogP contribution in [0.25, 0.3) is 0 Å². The Hall–Kier alpha value is -2.80. The summed E-state index contributed by atoms with van der Waals surface area (Å²) in [7, 11) is 0. The highest BCUT2D eigenvalue weighted by Gasteiger charge is 2.28. The Bertz CT molecular complexity index is 822. The van der Waals surface area contributed by atoms with Gasteiger partial charge in [-0.2, -0.15) is 0 Å². The maximum absolute atomic E-state index is 12.2. The predicted octanol–water partition coefficient (Wildman–Crippen LogP) is 1.49. The number of carbonyl (C=O) groups excluding carboxylic acids is 3. The van der Waals surface area contributed by atoms with E-state index in [-0.39, 0.29) is 23.8 Å². The minimum atomic E-state index is -1.31. The van der Waals surface area contributed by atoms with Gasteiger partial charge in [-0.3, -0.25) is 9.59 Å². The Morgan fingerprint density at radius 1 is 1.17 bits per heavy atom. The third-order valence-electron chi connectivity index (χ3n) is 3.46. The number of carboxylic acids is 1. The summed E-state index contributed by atoms with van der Waals surface area (Å²) in [6, 6.07) is 13.2. The molecule has 1 atom stereocenters. The molecule has 0 bridgehead atoms. The zero-order chi connectivity index (χ0) is 17.1. The van der Waals surface area contributed by atoms with Crippen molar-refractivity contribution in [3.63, 3.8) is 0 Å². The number of benzene rings is 2. The molecule has 6 nitrogen and oxygen atoms in total. The molecule has 24 heavy (non-hydrogen) atoms. The predicted molar refractivity (Wildman–Crippen MR) is 88.7 cm³/mol. The van der Waals surface area contributed by atoms with Gasteiger partial charge >= 0.3 is 0 Å². The van der Waals surface area contributed by atoms with Crippen molar-refractivity contribution < 1.29 is 19.5 Å². The lowest BCUT2D eigenvalue weighted by Gasteiger charge is -2.23. The largest absolute Gasteiger partial charge is 0.545 e. The first-order chi connectivity index (χ1) is 11.5. The number of carboxylic acid groups (broad SMARTS) is 1. The number of para-hydroxylation sites is 1. The van der Waals surface area contributed by atoms with Crippen LogP contribution in [0, 0.1) is 0 Å². The SMILES string of the molecule is O=C(C[C@H]1Sc2ccccc2NC1=O)Nc1cccc(C(=O)[O-])c1. The van der Waals surface area contributed by atoms with Gasteiger partial charge < -0.3 is 20.5 Å². The molecule has 1 aliphatic rings. The monoisotopic (exact) mass is 341 g/mol. The molecule has 0 spiro atoms. The van der Waals surface area contributed by atoms with Crippen molar-refractivity contribution in [3.05, 3.63) is 54.1 Å². The van der Waals surface area contributed by atoms with Crippen molar-refractivity contribution in [2.75, 3.05) is 10.6 Å². The van der Waals surface area contributed by atoms with E-state index in [2.05, 4.69) is 10.6 Å². The van der Waals surface area contributed by atoms with Gasteiger partial charge in [0.1, 0.15) is 0 Å². The molecule has 1 aliphatic heterocycles. The van der Waals surface area contributed by atoms with E-state index in [1.54, 1.807) is 6.07 Å². The van der Waals surface area contributed by atoms with Crippen LogP contribution in [-0.4, -0.2) is 23.0 Å². The average Bonchev–Trinajstić information content (AvgIpc) is 2.55. The number of rotatable bonds is 4. The summed E-state index contributed by atoms with van der Waals surface area (Å²) in [4.78, 5) is 36.0. The van der Waals surface area contributed by atoms with Crippen LogP contribution in [0.4, 0.5) is 11.4 Å². The van der Waals surface area contributed by atoms with Crippen LogP contribution in [0.1, 0.15) is 16.8 Å². The first-order valence-corrected chi connectivity index (χ1v) is 8.09. The van der Waals surface area contributed by atoms with Gasteiger partial charge in [-0.05, 0) is 29.8 Å². The van der Waals surface area contributed by atoms with Gasteiger partial charge in [-0.25, -0.2) is 0 Å². The molecule has 122 valence electrons. The molecule has 2 amide bonds. The summed E-state index contributed by atoms with van der Waals surface area (Å²) in [5.41, 5.74) is 1.07. The lowest BCUT2D eigenvalue weighted by atomic mass is 10.2. The van der Waals surface area contributed by atoms with Crippen LogP contribution in [-0.2, 0) is 9.59 Å². The van der Waals surface area contributed by atoms with Crippen molar-refractivity contribution in [2.24, 2.45) is 0 Å². The molecule has 2 aromatic carbocycles. The lowest BCUT2D eigenvalue weighted by Crippen LogP contribution is -2.32. The van der Waals surface area contributed by atoms with Crippen LogP contribution >= 0.6 is 11.8 Å². The maximum atomic E-state index is 12.2. The topological polar surface area (TPSA) is 98.3 Å². The average molecular weight is 341 g/mol. The Balaban J connectivity index is 1.66. The van der Waals surface area contributed by atoms with Gasteiger partial charge in [0.25, 0.3) is 0 Å². The number of carbonyl (C=O) groups is 3. The molecule has 0 fully saturated rings. The van der Waals surface area contributed by atoms with Crippen molar-refractivity contribution >= 4 is 40.9 Å². The van der Waals surface area contributed by atoms with E-state index < -0.39 is 11.2 Å². The van der Waals surface area contributed by atoms with Crippen molar-refractivity contribution in [2.45, 2.75) is 16.6 Å². The number of thioether (sulfide) groups is 1. The molecular weight excluding hydrogens is 328 g/mol. The molecule has 2 aromatic rings. The molecule has 2 N–H and O–H groups in total. The molecule has 0 saturated heterocycles. The smallest absolute Gasteiger partial charge is 0.238 e. The number of amides is 2. The van der Waals surface area contributed by atoms with Gasteiger partial charge in [-0.15, -0.1) is 11.8 Å². The molecule has 0 saturated carbocycles. The van der Waals surface area contributed by atoms with E-state index in [0.29, 0.717) is 5.69 Å². The highest BCUT2D eigenvalue weighted by Crippen LogP contribution is 2.36. The minimum Gasteiger partial charge on any atom is -0.545 e. The Kier molecular flexibility index (Phi) is 4.52. The van der Waals surface area contributed by atoms with E-state index >= 15 is 0 Å².